The summed E-state index contributed by atoms with van der Waals surface area (Å²) in [6.07, 6.45) is 1.75. The topological polar surface area (TPSA) is 62.8 Å². The number of hydrogen-bond acceptors (Lipinski definition) is 5. The number of ether oxygens (including phenoxy) is 2. The van der Waals surface area contributed by atoms with Crippen molar-refractivity contribution >= 4 is 22.9 Å². The van der Waals surface area contributed by atoms with Gasteiger partial charge in [-0.1, -0.05) is 0 Å². The van der Waals surface area contributed by atoms with E-state index in [0.29, 0.717) is 32.5 Å². The van der Waals surface area contributed by atoms with Gasteiger partial charge < -0.3 is 25.0 Å². The molecule has 3 heterocycles. The standard InChI is InChI=1S/C21H29N3O3/c1-13(2)22-15-4-5-19-17(10-15)20(18-12-27-11-14(3)23-18)21(25)24(19)16-6-8-26-9-7-16/h4-5,10,13-14,16,22-23H,6-9,11-12H2,1-3H3/b20-18-. The molecule has 2 N–H and O–H groups in total. The molecule has 0 bridgehead atoms. The lowest BCUT2D eigenvalue weighted by Crippen LogP contribution is -2.43. The number of fused-ring (bicyclic) bond motifs is 1. The number of anilines is 2. The van der Waals surface area contributed by atoms with Gasteiger partial charge in [-0.15, -0.1) is 0 Å². The Kier molecular flexibility index (Phi) is 5.10. The number of morpholine rings is 1. The lowest BCUT2D eigenvalue weighted by Gasteiger charge is -2.31. The highest BCUT2D eigenvalue weighted by molar-refractivity contribution is 6.33. The van der Waals surface area contributed by atoms with Crippen LogP contribution in [0.25, 0.3) is 5.57 Å². The van der Waals surface area contributed by atoms with Crippen molar-refractivity contribution in [2.24, 2.45) is 0 Å². The average molecular weight is 371 g/mol. The van der Waals surface area contributed by atoms with Gasteiger partial charge in [0.15, 0.2) is 0 Å². The van der Waals surface area contributed by atoms with Crippen LogP contribution >= 0.6 is 0 Å². The zero-order chi connectivity index (χ0) is 19.0. The van der Waals surface area contributed by atoms with Gasteiger partial charge >= 0.3 is 0 Å². The molecular formula is C21H29N3O3. The van der Waals surface area contributed by atoms with Crippen molar-refractivity contribution in [2.75, 3.05) is 36.6 Å². The molecule has 1 atom stereocenters. The zero-order valence-electron chi connectivity index (χ0n) is 16.4. The molecule has 2 fully saturated rings. The Morgan fingerprint density at radius 3 is 2.70 bits per heavy atom. The molecule has 0 aromatic heterocycles. The molecule has 3 aliphatic heterocycles. The first-order valence-corrected chi connectivity index (χ1v) is 9.94. The molecule has 1 aromatic carbocycles. The average Bonchev–Trinajstić information content (AvgIpc) is 2.93. The van der Waals surface area contributed by atoms with E-state index in [4.69, 9.17) is 9.47 Å². The molecule has 146 valence electrons. The summed E-state index contributed by atoms with van der Waals surface area (Å²) in [5.74, 6) is 0.0822. The molecule has 6 nitrogen and oxygen atoms in total. The van der Waals surface area contributed by atoms with Crippen LogP contribution in [0.3, 0.4) is 0 Å². The van der Waals surface area contributed by atoms with E-state index in [1.54, 1.807) is 0 Å². The Morgan fingerprint density at radius 1 is 1.22 bits per heavy atom. The second kappa shape index (κ2) is 7.52. The van der Waals surface area contributed by atoms with Gasteiger partial charge in [-0.3, -0.25) is 4.79 Å². The van der Waals surface area contributed by atoms with Crippen LogP contribution in [0.5, 0.6) is 0 Å². The maximum atomic E-state index is 13.5. The summed E-state index contributed by atoms with van der Waals surface area (Å²) in [6.45, 7) is 8.84. The highest BCUT2D eigenvalue weighted by Crippen LogP contribution is 2.42. The first-order valence-electron chi connectivity index (χ1n) is 9.94. The summed E-state index contributed by atoms with van der Waals surface area (Å²) in [4.78, 5) is 15.5. The number of amides is 1. The monoisotopic (exact) mass is 371 g/mol. The van der Waals surface area contributed by atoms with Gasteiger partial charge in [-0.05, 0) is 51.8 Å². The number of carbonyl (C=O) groups is 1. The molecule has 4 rings (SSSR count). The summed E-state index contributed by atoms with van der Waals surface area (Å²) < 4.78 is 11.2. The van der Waals surface area contributed by atoms with Gasteiger partial charge in [0.05, 0.1) is 30.2 Å². The normalized spacial score (nSPS) is 26.3. The molecule has 3 aliphatic rings. The summed E-state index contributed by atoms with van der Waals surface area (Å²) in [6, 6.07) is 6.98. The van der Waals surface area contributed by atoms with E-state index in [-0.39, 0.29) is 18.0 Å². The molecule has 0 radical (unpaired) electrons. The SMILES string of the molecule is CC(C)Nc1ccc2c(c1)/C(=C1\COCC(C)N1)C(=O)N2C1CCOCC1. The minimum atomic E-state index is 0.0822. The lowest BCUT2D eigenvalue weighted by molar-refractivity contribution is -0.113. The van der Waals surface area contributed by atoms with Gasteiger partial charge in [-0.25, -0.2) is 0 Å². The predicted octanol–water partition coefficient (Wildman–Crippen LogP) is 2.75. The molecular weight excluding hydrogens is 342 g/mol. The number of rotatable bonds is 3. The van der Waals surface area contributed by atoms with Crippen LogP contribution in [0.2, 0.25) is 0 Å². The van der Waals surface area contributed by atoms with E-state index in [9.17, 15) is 4.79 Å². The summed E-state index contributed by atoms with van der Waals surface area (Å²) >= 11 is 0. The van der Waals surface area contributed by atoms with Crippen molar-refractivity contribution < 1.29 is 14.3 Å². The Hall–Kier alpha value is -2.05. The van der Waals surface area contributed by atoms with Crippen LogP contribution < -0.4 is 15.5 Å². The summed E-state index contributed by atoms with van der Waals surface area (Å²) in [5, 5.41) is 6.93. The molecule has 1 amide bonds. The van der Waals surface area contributed by atoms with Crippen molar-refractivity contribution in [1.82, 2.24) is 5.32 Å². The van der Waals surface area contributed by atoms with E-state index in [1.165, 1.54) is 0 Å². The van der Waals surface area contributed by atoms with E-state index >= 15 is 0 Å². The van der Waals surface area contributed by atoms with Crippen molar-refractivity contribution in [3.63, 3.8) is 0 Å². The highest BCUT2D eigenvalue weighted by atomic mass is 16.5. The number of benzene rings is 1. The molecule has 0 spiro atoms. The number of nitrogens with one attached hydrogen (secondary N) is 2. The number of nitrogens with zero attached hydrogens (tertiary/aromatic N) is 1. The maximum Gasteiger partial charge on any atom is 0.261 e. The lowest BCUT2D eigenvalue weighted by atomic mass is 10.0. The third-order valence-electron chi connectivity index (χ3n) is 5.31. The molecule has 1 aromatic rings. The Morgan fingerprint density at radius 2 is 2.00 bits per heavy atom. The van der Waals surface area contributed by atoms with Crippen LogP contribution in [0.15, 0.2) is 23.9 Å². The Labute approximate surface area is 160 Å². The van der Waals surface area contributed by atoms with E-state index in [0.717, 1.165) is 41.1 Å². The number of carbonyl (C=O) groups excluding carboxylic acids is 1. The Bertz CT molecular complexity index is 753. The molecule has 2 saturated heterocycles. The van der Waals surface area contributed by atoms with Gasteiger partial charge in [0.2, 0.25) is 0 Å². The summed E-state index contributed by atoms with van der Waals surface area (Å²) in [5.41, 5.74) is 4.70. The molecule has 27 heavy (non-hydrogen) atoms. The van der Waals surface area contributed by atoms with E-state index in [2.05, 4.69) is 49.6 Å². The fourth-order valence-electron chi connectivity index (χ4n) is 4.17. The zero-order valence-corrected chi connectivity index (χ0v) is 16.4. The molecule has 0 aliphatic carbocycles. The highest BCUT2D eigenvalue weighted by Gasteiger charge is 2.40. The summed E-state index contributed by atoms with van der Waals surface area (Å²) in [7, 11) is 0. The van der Waals surface area contributed by atoms with Crippen LogP contribution in [-0.2, 0) is 14.3 Å². The second-order valence-electron chi connectivity index (χ2n) is 7.96. The van der Waals surface area contributed by atoms with Crippen molar-refractivity contribution in [1.29, 1.82) is 0 Å². The van der Waals surface area contributed by atoms with Crippen LogP contribution in [0.1, 0.15) is 39.2 Å². The van der Waals surface area contributed by atoms with Gasteiger partial charge in [0.25, 0.3) is 5.91 Å². The van der Waals surface area contributed by atoms with Crippen LogP contribution in [-0.4, -0.2) is 50.5 Å². The molecule has 0 saturated carbocycles. The largest absolute Gasteiger partial charge is 0.383 e. The first-order chi connectivity index (χ1) is 13.0. The first kappa shape index (κ1) is 18.3. The van der Waals surface area contributed by atoms with E-state index in [1.807, 2.05) is 4.90 Å². The fraction of sp³-hybridized carbons (Fsp3) is 0.571. The third kappa shape index (κ3) is 3.56. The fourth-order valence-corrected chi connectivity index (χ4v) is 4.17. The third-order valence-corrected chi connectivity index (χ3v) is 5.31. The molecule has 1 unspecified atom stereocenters. The predicted molar refractivity (Wildman–Crippen MR) is 107 cm³/mol. The number of hydrogen-bond donors (Lipinski definition) is 2. The van der Waals surface area contributed by atoms with Gasteiger partial charge in [-0.2, -0.15) is 0 Å². The van der Waals surface area contributed by atoms with Crippen molar-refractivity contribution in [3.8, 4) is 0 Å². The Balaban J connectivity index is 1.78. The molecule has 6 heteroatoms. The van der Waals surface area contributed by atoms with Crippen molar-refractivity contribution in [2.45, 2.75) is 51.7 Å². The maximum absolute atomic E-state index is 13.5. The quantitative estimate of drug-likeness (QED) is 0.800. The van der Waals surface area contributed by atoms with Crippen LogP contribution in [0, 0.1) is 0 Å². The minimum absolute atomic E-state index is 0.0822. The minimum Gasteiger partial charge on any atom is -0.383 e. The van der Waals surface area contributed by atoms with E-state index < -0.39 is 0 Å². The van der Waals surface area contributed by atoms with Crippen LogP contribution in [0.4, 0.5) is 11.4 Å². The smallest absolute Gasteiger partial charge is 0.261 e. The van der Waals surface area contributed by atoms with Gasteiger partial charge in [0, 0.05) is 42.6 Å². The van der Waals surface area contributed by atoms with Crippen molar-refractivity contribution in [3.05, 3.63) is 29.5 Å². The second-order valence-corrected chi connectivity index (χ2v) is 7.96. The van der Waals surface area contributed by atoms with Gasteiger partial charge in [0.1, 0.15) is 0 Å².